The van der Waals surface area contributed by atoms with Crippen molar-refractivity contribution in [1.82, 2.24) is 0 Å². The monoisotopic (exact) mass is 99.0 g/mol. The summed E-state index contributed by atoms with van der Waals surface area (Å²) in [6, 6.07) is 0. The van der Waals surface area contributed by atoms with Gasteiger partial charge in [-0.15, -0.1) is 7.92 Å². The fourth-order valence-electron chi connectivity index (χ4n) is 0. The van der Waals surface area contributed by atoms with E-state index in [1.165, 1.54) is 0 Å². The van der Waals surface area contributed by atoms with Crippen LogP contribution in [-0.4, -0.2) is 49.6 Å². The van der Waals surface area contributed by atoms with E-state index >= 15 is 0 Å². The van der Waals surface area contributed by atoms with E-state index in [1.54, 1.807) is 0 Å². The summed E-state index contributed by atoms with van der Waals surface area (Å²) in [6.07, 6.45) is 0. The molecule has 0 amide bonds. The molecule has 0 saturated carbocycles. The average molecular weight is 99.1 g/mol. The molecule has 0 N–H and O–H groups in total. The Kier molecular flexibility index (Phi) is 10.5. The van der Waals surface area contributed by atoms with Gasteiger partial charge < -0.3 is 0 Å². The molecule has 0 nitrogen and oxygen atoms in total. The third-order valence-electron chi connectivity index (χ3n) is 0. The molecule has 0 aromatic rings. The fourth-order valence-corrected chi connectivity index (χ4v) is 0. The summed E-state index contributed by atoms with van der Waals surface area (Å²) >= 11 is 0. The largest absolute Gasteiger partial charge is 0.116 e. The van der Waals surface area contributed by atoms with Crippen molar-refractivity contribution < 1.29 is 0 Å². The Bertz CT molecular complexity index is 11.6. The van der Waals surface area contributed by atoms with Crippen LogP contribution in [0.3, 0.4) is 0 Å². The third-order valence-corrected chi connectivity index (χ3v) is 0. The average Bonchev–Trinajstić information content (AvgIpc) is 0.811. The smallest absolute Gasteiger partial charge is 0 e. The molecule has 0 aromatic heterocycles. The first-order chi connectivity index (χ1) is 1.73. The second-order valence-corrected chi connectivity index (χ2v) is 4.02. The summed E-state index contributed by atoms with van der Waals surface area (Å²) in [5.41, 5.74) is 0. The van der Waals surface area contributed by atoms with Crippen molar-refractivity contribution in [2.45, 2.75) is 0 Å². The second-order valence-electron chi connectivity index (χ2n) is 1.34. The predicted octanol–water partition coefficient (Wildman–Crippen LogP) is 0.977. The van der Waals surface area contributed by atoms with Gasteiger partial charge >= 0.3 is 0 Å². The molecule has 0 rings (SSSR count). The minimum atomic E-state index is 0. The zero-order valence-corrected chi connectivity index (χ0v) is 7.34. The van der Waals surface area contributed by atoms with Crippen LogP contribution in [0, 0.1) is 0 Å². The van der Waals surface area contributed by atoms with E-state index in [9.17, 15) is 0 Å². The molecular formula is C3H9NaP. The van der Waals surface area contributed by atoms with Gasteiger partial charge in [0.15, 0.2) is 0 Å². The predicted molar refractivity (Wildman–Crippen MR) is 30.4 cm³/mol. The molecule has 0 aliphatic rings. The SMILES string of the molecule is CP(C)C.[Na]. The summed E-state index contributed by atoms with van der Waals surface area (Å²) in [5, 5.41) is 0. The zero-order chi connectivity index (χ0) is 3.58. The van der Waals surface area contributed by atoms with Crippen LogP contribution in [0.25, 0.3) is 0 Å². The molecular weight excluding hydrogens is 90.0 g/mol. The van der Waals surface area contributed by atoms with E-state index in [0.717, 1.165) is 0 Å². The second kappa shape index (κ2) is 5.43. The maximum Gasteiger partial charge on any atom is 0 e. The molecule has 0 aliphatic carbocycles. The van der Waals surface area contributed by atoms with E-state index in [-0.39, 0.29) is 29.6 Å². The van der Waals surface area contributed by atoms with E-state index in [4.69, 9.17) is 0 Å². The Labute approximate surface area is 57.4 Å². The van der Waals surface area contributed by atoms with Gasteiger partial charge in [0.1, 0.15) is 0 Å². The Balaban J connectivity index is 0. The number of rotatable bonds is 0. The summed E-state index contributed by atoms with van der Waals surface area (Å²) in [6.45, 7) is 6.69. The molecule has 0 heterocycles. The Morgan fingerprint density at radius 1 is 1.00 bits per heavy atom. The molecule has 0 spiro atoms. The number of hydrogen-bond acceptors (Lipinski definition) is 0. The molecule has 27 valence electrons. The van der Waals surface area contributed by atoms with Gasteiger partial charge in [0.25, 0.3) is 0 Å². The van der Waals surface area contributed by atoms with E-state index in [0.29, 0.717) is 7.92 Å². The maximum absolute atomic E-state index is 2.23. The van der Waals surface area contributed by atoms with Crippen LogP contribution in [-0.2, 0) is 0 Å². The minimum Gasteiger partial charge on any atom is -0.116 e. The van der Waals surface area contributed by atoms with Crippen molar-refractivity contribution in [2.75, 3.05) is 20.0 Å². The molecule has 1 radical (unpaired) electrons. The third kappa shape index (κ3) is 31.2. The van der Waals surface area contributed by atoms with Gasteiger partial charge in [-0.2, -0.15) is 0 Å². The van der Waals surface area contributed by atoms with Crippen LogP contribution in [0.1, 0.15) is 0 Å². The van der Waals surface area contributed by atoms with Crippen LogP contribution >= 0.6 is 7.92 Å². The van der Waals surface area contributed by atoms with Crippen molar-refractivity contribution in [2.24, 2.45) is 0 Å². The van der Waals surface area contributed by atoms with Crippen molar-refractivity contribution >= 4 is 37.5 Å². The molecule has 5 heavy (non-hydrogen) atoms. The summed E-state index contributed by atoms with van der Waals surface area (Å²) in [4.78, 5) is 0. The van der Waals surface area contributed by atoms with Crippen LogP contribution < -0.4 is 0 Å². The summed E-state index contributed by atoms with van der Waals surface area (Å²) in [5.74, 6) is 0. The van der Waals surface area contributed by atoms with Crippen molar-refractivity contribution in [3.63, 3.8) is 0 Å². The van der Waals surface area contributed by atoms with E-state index in [1.807, 2.05) is 0 Å². The van der Waals surface area contributed by atoms with Gasteiger partial charge in [0, 0.05) is 29.6 Å². The van der Waals surface area contributed by atoms with Crippen LogP contribution in [0.5, 0.6) is 0 Å². The molecule has 0 unspecified atom stereocenters. The first kappa shape index (κ1) is 9.66. The standard InChI is InChI=1S/C3H9P.Na/c1-4(2)3;/h1-3H3;. The molecule has 2 heteroatoms. The summed E-state index contributed by atoms with van der Waals surface area (Å²) < 4.78 is 0. The quantitative estimate of drug-likeness (QED) is 0.313. The van der Waals surface area contributed by atoms with Crippen LogP contribution in [0.15, 0.2) is 0 Å². The summed E-state index contributed by atoms with van der Waals surface area (Å²) in [7, 11) is 0.380. The molecule has 0 atom stereocenters. The maximum atomic E-state index is 2.23. The Morgan fingerprint density at radius 2 is 1.00 bits per heavy atom. The fraction of sp³-hybridized carbons (Fsp3) is 1.00. The first-order valence-electron chi connectivity index (χ1n) is 1.34. The Morgan fingerprint density at radius 3 is 1.00 bits per heavy atom. The van der Waals surface area contributed by atoms with Gasteiger partial charge in [0.2, 0.25) is 0 Å². The van der Waals surface area contributed by atoms with Gasteiger partial charge in [0.05, 0.1) is 0 Å². The van der Waals surface area contributed by atoms with Crippen LogP contribution in [0.2, 0.25) is 0 Å². The molecule has 0 fully saturated rings. The van der Waals surface area contributed by atoms with Gasteiger partial charge in [-0.3, -0.25) is 0 Å². The number of hydrogen-bond donors (Lipinski definition) is 0. The van der Waals surface area contributed by atoms with Gasteiger partial charge in [-0.1, -0.05) is 0 Å². The Hall–Kier alpha value is 1.43. The van der Waals surface area contributed by atoms with Crippen molar-refractivity contribution in [3.8, 4) is 0 Å². The minimum absolute atomic E-state index is 0. The van der Waals surface area contributed by atoms with E-state index in [2.05, 4.69) is 20.0 Å². The molecule has 0 aromatic carbocycles. The first-order valence-corrected chi connectivity index (χ1v) is 4.02. The molecule has 0 aliphatic heterocycles. The van der Waals surface area contributed by atoms with Crippen molar-refractivity contribution in [1.29, 1.82) is 0 Å². The van der Waals surface area contributed by atoms with Gasteiger partial charge in [-0.05, 0) is 20.0 Å². The van der Waals surface area contributed by atoms with Crippen LogP contribution in [0.4, 0.5) is 0 Å². The van der Waals surface area contributed by atoms with E-state index < -0.39 is 0 Å². The van der Waals surface area contributed by atoms with Gasteiger partial charge in [-0.25, -0.2) is 0 Å². The molecule has 0 saturated heterocycles. The topological polar surface area (TPSA) is 0 Å². The van der Waals surface area contributed by atoms with Crippen molar-refractivity contribution in [3.05, 3.63) is 0 Å². The zero-order valence-electron chi connectivity index (χ0n) is 4.45. The normalized spacial score (nSPS) is 7.20. The molecule has 0 bridgehead atoms.